The van der Waals surface area contributed by atoms with Crippen molar-refractivity contribution < 1.29 is 4.42 Å². The Hall–Kier alpha value is -5.86. The number of anilines is 3. The first-order chi connectivity index (χ1) is 29.2. The van der Waals surface area contributed by atoms with Crippen LogP contribution in [0.1, 0.15) is 129 Å². The summed E-state index contributed by atoms with van der Waals surface area (Å²) in [5.74, 6) is 0. The first kappa shape index (κ1) is 40.2. The van der Waals surface area contributed by atoms with Gasteiger partial charge in [0.2, 0.25) is 0 Å². The maximum Gasteiger partial charge on any atom is 0.160 e. The average Bonchev–Trinajstić information content (AvgIpc) is 3.80. The van der Waals surface area contributed by atoms with Crippen LogP contribution in [0.3, 0.4) is 0 Å². The Morgan fingerprint density at radius 1 is 0.452 bits per heavy atom. The van der Waals surface area contributed by atoms with E-state index >= 15 is 0 Å². The van der Waals surface area contributed by atoms with E-state index < -0.39 is 0 Å². The van der Waals surface area contributed by atoms with E-state index in [-0.39, 0.29) is 27.1 Å². The number of rotatable bonds is 4. The van der Waals surface area contributed by atoms with Gasteiger partial charge < -0.3 is 9.32 Å². The number of furan rings is 1. The van der Waals surface area contributed by atoms with Crippen LogP contribution in [-0.4, -0.2) is 0 Å². The molecule has 2 heteroatoms. The second kappa shape index (κ2) is 13.3. The lowest BCUT2D eigenvalue weighted by Crippen LogP contribution is -2.18. The van der Waals surface area contributed by atoms with E-state index in [4.69, 9.17) is 4.42 Å². The van der Waals surface area contributed by atoms with E-state index in [1.54, 1.807) is 0 Å². The number of para-hydroxylation sites is 1. The molecule has 62 heavy (non-hydrogen) atoms. The van der Waals surface area contributed by atoms with E-state index in [2.05, 4.69) is 228 Å². The van der Waals surface area contributed by atoms with E-state index in [1.807, 2.05) is 0 Å². The van der Waals surface area contributed by atoms with Crippen LogP contribution in [0, 0.1) is 0 Å². The fraction of sp³-hybridized carbons (Fsp3) is 0.300. The number of fused-ring (bicyclic) bond motifs is 9. The summed E-state index contributed by atoms with van der Waals surface area (Å²) < 4.78 is 7.14. The summed E-state index contributed by atoms with van der Waals surface area (Å²) in [5.41, 5.74) is 22.0. The van der Waals surface area contributed by atoms with Crippen LogP contribution < -0.4 is 4.90 Å². The van der Waals surface area contributed by atoms with Crippen molar-refractivity contribution in [3.8, 4) is 33.4 Å². The Balaban J connectivity index is 1.26. The second-order valence-electron chi connectivity index (χ2n) is 22.3. The van der Waals surface area contributed by atoms with Crippen molar-refractivity contribution in [1.29, 1.82) is 0 Å². The molecule has 0 radical (unpaired) electrons. The highest BCUT2D eigenvalue weighted by Crippen LogP contribution is 2.56. The van der Waals surface area contributed by atoms with Crippen LogP contribution in [0.2, 0.25) is 0 Å². The highest BCUT2D eigenvalue weighted by atomic mass is 16.3. The monoisotopic (exact) mass is 811 g/mol. The lowest BCUT2D eigenvalue weighted by Gasteiger charge is -2.30. The van der Waals surface area contributed by atoms with Gasteiger partial charge in [0.25, 0.3) is 0 Å². The van der Waals surface area contributed by atoms with Gasteiger partial charge >= 0.3 is 0 Å². The summed E-state index contributed by atoms with van der Waals surface area (Å²) in [6.45, 7) is 30.5. The average molecular weight is 812 g/mol. The molecule has 7 aromatic carbocycles. The van der Waals surface area contributed by atoms with Gasteiger partial charge in [0.15, 0.2) is 5.58 Å². The lowest BCUT2D eigenvalue weighted by atomic mass is 9.78. The molecule has 0 fully saturated rings. The Morgan fingerprint density at radius 3 is 1.66 bits per heavy atom. The number of nitrogens with zero attached hydrogens (tertiary/aromatic N) is 1. The normalized spacial score (nSPS) is 15.1. The third-order valence-electron chi connectivity index (χ3n) is 14.3. The first-order valence-electron chi connectivity index (χ1n) is 22.6. The largest absolute Gasteiger partial charge is 0.454 e. The van der Waals surface area contributed by atoms with Gasteiger partial charge in [-0.2, -0.15) is 0 Å². The first-order valence-corrected chi connectivity index (χ1v) is 22.6. The minimum absolute atomic E-state index is 0.0111. The van der Waals surface area contributed by atoms with Gasteiger partial charge in [-0.05, 0) is 125 Å². The molecule has 0 N–H and O–H groups in total. The summed E-state index contributed by atoms with van der Waals surface area (Å²) >= 11 is 0. The second-order valence-corrected chi connectivity index (χ2v) is 22.3. The van der Waals surface area contributed by atoms with Crippen molar-refractivity contribution in [2.45, 2.75) is 117 Å². The molecule has 0 saturated carbocycles. The standard InChI is InChI=1S/C60H61NO/c1-56(2,3)37-31-36(32-38(33-37)57(4,5)6)41-29-30-51(55-53(41)45-20-15-17-24-52(45)62-55)61(39-25-27-43-42-19-14-16-21-46(42)59(10,11)49(43)34-39)40-26-28-44-50(35-40)60(12,13)48-23-18-22-47(54(44)48)58(7,8)9/h14-35H,1-13H3. The molecule has 2 aliphatic rings. The van der Waals surface area contributed by atoms with E-state index in [9.17, 15) is 0 Å². The molecule has 0 aliphatic heterocycles. The minimum Gasteiger partial charge on any atom is -0.454 e. The number of benzene rings is 7. The maximum absolute atomic E-state index is 7.14. The van der Waals surface area contributed by atoms with Crippen LogP contribution in [0.15, 0.2) is 138 Å². The van der Waals surface area contributed by atoms with Gasteiger partial charge in [0, 0.05) is 33.0 Å². The molecule has 2 aliphatic carbocycles. The van der Waals surface area contributed by atoms with Crippen molar-refractivity contribution in [2.24, 2.45) is 0 Å². The minimum atomic E-state index is -0.184. The van der Waals surface area contributed by atoms with Gasteiger partial charge in [-0.25, -0.2) is 0 Å². The fourth-order valence-corrected chi connectivity index (χ4v) is 10.7. The van der Waals surface area contributed by atoms with E-state index in [1.165, 1.54) is 72.3 Å². The molecule has 1 heterocycles. The van der Waals surface area contributed by atoms with Gasteiger partial charge in [0.05, 0.1) is 5.69 Å². The van der Waals surface area contributed by atoms with Crippen LogP contribution in [-0.2, 0) is 27.1 Å². The Bertz CT molecular complexity index is 3100. The molecule has 0 spiro atoms. The summed E-state index contributed by atoms with van der Waals surface area (Å²) in [4.78, 5) is 2.48. The maximum atomic E-state index is 7.14. The Kier molecular flexibility index (Phi) is 8.64. The number of hydrogen-bond acceptors (Lipinski definition) is 2. The Morgan fingerprint density at radius 2 is 1.00 bits per heavy atom. The number of hydrogen-bond donors (Lipinski definition) is 0. The zero-order chi connectivity index (χ0) is 43.9. The molecule has 0 bridgehead atoms. The zero-order valence-corrected chi connectivity index (χ0v) is 39.1. The third-order valence-corrected chi connectivity index (χ3v) is 14.3. The summed E-state index contributed by atoms with van der Waals surface area (Å²) in [5, 5.41) is 2.27. The topological polar surface area (TPSA) is 16.4 Å². The van der Waals surface area contributed by atoms with Crippen LogP contribution in [0.4, 0.5) is 17.1 Å². The fourth-order valence-electron chi connectivity index (χ4n) is 10.7. The zero-order valence-electron chi connectivity index (χ0n) is 39.1. The highest BCUT2D eigenvalue weighted by Gasteiger charge is 2.40. The summed E-state index contributed by atoms with van der Waals surface area (Å²) in [6.07, 6.45) is 0. The highest BCUT2D eigenvalue weighted by molar-refractivity contribution is 6.17. The SMILES string of the molecule is CC(C)(C)c1cc(-c2ccc(N(c3ccc4c(c3)C(C)(C)c3ccccc3-4)c3ccc4c(c3)C(C)(C)c3cccc(C(C)(C)C)c3-4)c3oc4ccccc4c23)cc(C(C)(C)C)c1. The predicted molar refractivity (Wildman–Crippen MR) is 265 cm³/mol. The van der Waals surface area contributed by atoms with Gasteiger partial charge in [0.1, 0.15) is 5.58 Å². The molecular formula is C60H61NO. The summed E-state index contributed by atoms with van der Waals surface area (Å²) in [6, 6.07) is 50.7. The molecule has 0 unspecified atom stereocenters. The van der Waals surface area contributed by atoms with Crippen molar-refractivity contribution in [3.05, 3.63) is 172 Å². The quantitative estimate of drug-likeness (QED) is 0.176. The third kappa shape index (κ3) is 6.04. The van der Waals surface area contributed by atoms with Crippen LogP contribution >= 0.6 is 0 Å². The molecule has 0 amide bonds. The Labute approximate surface area is 369 Å². The van der Waals surface area contributed by atoms with Gasteiger partial charge in [-0.15, -0.1) is 0 Å². The van der Waals surface area contributed by atoms with E-state index in [0.717, 1.165) is 39.0 Å². The molecule has 0 atom stereocenters. The van der Waals surface area contributed by atoms with Crippen LogP contribution in [0.25, 0.3) is 55.3 Å². The molecule has 0 saturated heterocycles. The van der Waals surface area contributed by atoms with Crippen molar-refractivity contribution in [2.75, 3.05) is 4.90 Å². The molecule has 312 valence electrons. The molecule has 1 aromatic heterocycles. The smallest absolute Gasteiger partial charge is 0.160 e. The van der Waals surface area contributed by atoms with Crippen molar-refractivity contribution in [1.82, 2.24) is 0 Å². The molecular weight excluding hydrogens is 751 g/mol. The molecule has 8 aromatic rings. The van der Waals surface area contributed by atoms with Crippen molar-refractivity contribution in [3.63, 3.8) is 0 Å². The lowest BCUT2D eigenvalue weighted by molar-refractivity contribution is 0.569. The molecule has 10 rings (SSSR count). The van der Waals surface area contributed by atoms with Gasteiger partial charge in [-0.1, -0.05) is 187 Å². The molecule has 2 nitrogen and oxygen atoms in total. The predicted octanol–water partition coefficient (Wildman–Crippen LogP) is 17.2. The van der Waals surface area contributed by atoms with Gasteiger partial charge in [-0.3, -0.25) is 0 Å². The van der Waals surface area contributed by atoms with E-state index in [0.29, 0.717) is 0 Å². The van der Waals surface area contributed by atoms with Crippen LogP contribution in [0.5, 0.6) is 0 Å². The van der Waals surface area contributed by atoms with Crippen molar-refractivity contribution >= 4 is 39.0 Å². The summed E-state index contributed by atoms with van der Waals surface area (Å²) in [7, 11) is 0.